The smallest absolute Gasteiger partial charge is 0.256 e. The number of rotatable bonds is 7. The first-order chi connectivity index (χ1) is 19.5. The van der Waals surface area contributed by atoms with Crippen LogP contribution in [0.4, 0.5) is 11.5 Å². The van der Waals surface area contributed by atoms with Crippen LogP contribution >= 0.6 is 15.9 Å². The topological polar surface area (TPSA) is 128 Å². The van der Waals surface area contributed by atoms with Gasteiger partial charge >= 0.3 is 0 Å². The lowest BCUT2D eigenvalue weighted by Crippen LogP contribution is -2.15. The van der Waals surface area contributed by atoms with E-state index in [2.05, 4.69) is 41.6 Å². The lowest BCUT2D eigenvalue weighted by molar-refractivity contribution is 0.101. The summed E-state index contributed by atoms with van der Waals surface area (Å²) >= 11 is 3.32. The van der Waals surface area contributed by atoms with E-state index >= 15 is 0 Å². The SMILES string of the molecule is O=C(Nc1ccc(Br)cn1)c1cccc(NC(=O)c2cc(-c3cccnc3)nc3c2cnn3Cc2ccco2)c1. The number of hydrogen-bond donors (Lipinski definition) is 2. The molecule has 0 radical (unpaired) electrons. The molecule has 0 fully saturated rings. The molecular weight excluding hydrogens is 574 g/mol. The van der Waals surface area contributed by atoms with E-state index in [1.807, 2.05) is 12.1 Å². The van der Waals surface area contributed by atoms with Crippen LogP contribution in [0, 0.1) is 0 Å². The maximum Gasteiger partial charge on any atom is 0.256 e. The molecule has 5 aromatic heterocycles. The van der Waals surface area contributed by atoms with Crippen LogP contribution in [0.3, 0.4) is 0 Å². The van der Waals surface area contributed by atoms with Gasteiger partial charge in [-0.05, 0) is 76.6 Å². The Morgan fingerprint density at radius 3 is 2.62 bits per heavy atom. The van der Waals surface area contributed by atoms with Crippen molar-refractivity contribution in [1.29, 1.82) is 0 Å². The van der Waals surface area contributed by atoms with Gasteiger partial charge in [0.15, 0.2) is 5.65 Å². The average Bonchev–Trinajstić information content (AvgIpc) is 3.65. The second-order valence-electron chi connectivity index (χ2n) is 8.77. The molecule has 2 N–H and O–H groups in total. The number of pyridine rings is 3. The molecular formula is C29H20BrN7O3. The van der Waals surface area contributed by atoms with E-state index in [4.69, 9.17) is 9.40 Å². The highest BCUT2D eigenvalue weighted by molar-refractivity contribution is 9.10. The van der Waals surface area contributed by atoms with Gasteiger partial charge in [-0.25, -0.2) is 14.6 Å². The number of fused-ring (bicyclic) bond motifs is 1. The number of halogens is 1. The summed E-state index contributed by atoms with van der Waals surface area (Å²) in [5.41, 5.74) is 3.05. The van der Waals surface area contributed by atoms with Gasteiger partial charge in [0.1, 0.15) is 18.1 Å². The van der Waals surface area contributed by atoms with E-state index in [0.29, 0.717) is 51.7 Å². The average molecular weight is 594 g/mol. The van der Waals surface area contributed by atoms with Gasteiger partial charge in [-0.15, -0.1) is 0 Å². The Balaban J connectivity index is 1.31. The molecule has 1 aromatic carbocycles. The lowest BCUT2D eigenvalue weighted by atomic mass is 10.1. The number of nitrogens with one attached hydrogen (secondary N) is 2. The summed E-state index contributed by atoms with van der Waals surface area (Å²) < 4.78 is 7.97. The van der Waals surface area contributed by atoms with Crippen LogP contribution in [-0.4, -0.2) is 36.5 Å². The molecule has 0 aliphatic carbocycles. The molecule has 6 rings (SSSR count). The van der Waals surface area contributed by atoms with E-state index in [-0.39, 0.29) is 11.8 Å². The van der Waals surface area contributed by atoms with Crippen molar-refractivity contribution in [2.75, 3.05) is 10.6 Å². The summed E-state index contributed by atoms with van der Waals surface area (Å²) in [7, 11) is 0. The van der Waals surface area contributed by atoms with Gasteiger partial charge in [0.25, 0.3) is 11.8 Å². The fraction of sp³-hybridized carbons (Fsp3) is 0.0345. The van der Waals surface area contributed by atoms with E-state index in [0.717, 1.165) is 10.0 Å². The summed E-state index contributed by atoms with van der Waals surface area (Å²) in [5, 5.41) is 10.7. The molecule has 40 heavy (non-hydrogen) atoms. The third-order valence-corrected chi connectivity index (χ3v) is 6.52. The van der Waals surface area contributed by atoms with Crippen LogP contribution in [0.1, 0.15) is 26.5 Å². The summed E-state index contributed by atoms with van der Waals surface area (Å²) in [6.45, 7) is 0.353. The molecule has 0 spiro atoms. The van der Waals surface area contributed by atoms with Gasteiger partial charge in [0.2, 0.25) is 0 Å². The first kappa shape index (κ1) is 25.1. The minimum absolute atomic E-state index is 0.352. The fourth-order valence-electron chi connectivity index (χ4n) is 4.14. The van der Waals surface area contributed by atoms with Crippen molar-refractivity contribution in [3.8, 4) is 11.3 Å². The van der Waals surface area contributed by atoms with E-state index < -0.39 is 0 Å². The van der Waals surface area contributed by atoms with Crippen LogP contribution in [-0.2, 0) is 6.54 Å². The van der Waals surface area contributed by atoms with Gasteiger partial charge < -0.3 is 15.1 Å². The maximum absolute atomic E-state index is 13.6. The Kier molecular flexibility index (Phi) is 6.86. The molecule has 0 saturated carbocycles. The van der Waals surface area contributed by atoms with Crippen molar-refractivity contribution in [2.24, 2.45) is 0 Å². The van der Waals surface area contributed by atoms with Crippen LogP contribution in [0.25, 0.3) is 22.3 Å². The standard InChI is InChI=1S/C29H20BrN7O3/c30-20-8-9-26(32-15-20)36-28(38)18-4-1-6-21(12-18)34-29(39)23-13-25(19-5-2-10-31-14-19)35-27-24(23)16-33-37(27)17-22-7-3-11-40-22/h1-16H,17H2,(H,34,39)(H,32,36,38). The van der Waals surface area contributed by atoms with Crippen molar-refractivity contribution in [3.05, 3.63) is 119 Å². The number of hydrogen-bond acceptors (Lipinski definition) is 7. The Bertz CT molecular complexity index is 1820. The lowest BCUT2D eigenvalue weighted by Gasteiger charge is -2.11. The monoisotopic (exact) mass is 593 g/mol. The first-order valence-electron chi connectivity index (χ1n) is 12.2. The van der Waals surface area contributed by atoms with E-state index in [9.17, 15) is 9.59 Å². The normalized spacial score (nSPS) is 10.9. The molecule has 10 nitrogen and oxygen atoms in total. The van der Waals surface area contributed by atoms with Gasteiger partial charge in [0, 0.05) is 39.9 Å². The van der Waals surface area contributed by atoms with Gasteiger partial charge in [0.05, 0.1) is 29.1 Å². The third kappa shape index (κ3) is 5.36. The van der Waals surface area contributed by atoms with Crippen molar-refractivity contribution in [2.45, 2.75) is 6.54 Å². The van der Waals surface area contributed by atoms with Crippen molar-refractivity contribution in [1.82, 2.24) is 24.7 Å². The zero-order valence-corrected chi connectivity index (χ0v) is 22.4. The number of aromatic nitrogens is 5. The Morgan fingerprint density at radius 1 is 0.925 bits per heavy atom. The molecule has 0 bridgehead atoms. The van der Waals surface area contributed by atoms with Gasteiger partial charge in [-0.1, -0.05) is 6.07 Å². The molecule has 0 unspecified atom stereocenters. The molecule has 11 heteroatoms. The first-order valence-corrected chi connectivity index (χ1v) is 13.0. The molecule has 196 valence electrons. The summed E-state index contributed by atoms with van der Waals surface area (Å²) in [6.07, 6.45) is 8.16. The highest BCUT2D eigenvalue weighted by Gasteiger charge is 2.19. The third-order valence-electron chi connectivity index (χ3n) is 6.05. The minimum Gasteiger partial charge on any atom is -0.467 e. The van der Waals surface area contributed by atoms with Crippen LogP contribution < -0.4 is 10.6 Å². The number of amides is 2. The number of benzene rings is 1. The predicted octanol–water partition coefficient (Wildman–Crippen LogP) is 5.80. The number of furan rings is 1. The van der Waals surface area contributed by atoms with E-state index in [1.165, 1.54) is 0 Å². The molecule has 2 amide bonds. The van der Waals surface area contributed by atoms with Crippen LogP contribution in [0.15, 0.2) is 107 Å². The Labute approximate surface area is 236 Å². The minimum atomic E-state index is -0.373. The van der Waals surface area contributed by atoms with Crippen LogP contribution in [0.5, 0.6) is 0 Å². The fourth-order valence-corrected chi connectivity index (χ4v) is 4.37. The molecule has 0 aliphatic heterocycles. The molecule has 0 saturated heterocycles. The molecule has 0 aliphatic rings. The second-order valence-corrected chi connectivity index (χ2v) is 9.68. The van der Waals surface area contributed by atoms with Gasteiger partial charge in [-0.3, -0.25) is 14.6 Å². The zero-order valence-electron chi connectivity index (χ0n) is 20.8. The quantitative estimate of drug-likeness (QED) is 0.239. The highest BCUT2D eigenvalue weighted by Crippen LogP contribution is 2.26. The number of carbonyl (C=O) groups excluding carboxylic acids is 2. The molecule has 6 aromatic rings. The summed E-state index contributed by atoms with van der Waals surface area (Å²) in [4.78, 5) is 39.6. The molecule has 5 heterocycles. The van der Waals surface area contributed by atoms with Crippen molar-refractivity contribution >= 4 is 50.3 Å². The van der Waals surface area contributed by atoms with Crippen molar-refractivity contribution < 1.29 is 14.0 Å². The maximum atomic E-state index is 13.6. The summed E-state index contributed by atoms with van der Waals surface area (Å²) in [5.74, 6) is 0.395. The largest absolute Gasteiger partial charge is 0.467 e. The van der Waals surface area contributed by atoms with E-state index in [1.54, 1.807) is 90.3 Å². The van der Waals surface area contributed by atoms with Crippen LogP contribution in [0.2, 0.25) is 0 Å². The number of nitrogens with zero attached hydrogens (tertiary/aromatic N) is 5. The Morgan fingerprint density at radius 2 is 1.85 bits per heavy atom. The number of carbonyl (C=O) groups is 2. The summed E-state index contributed by atoms with van der Waals surface area (Å²) in [6, 6.07) is 19.2. The molecule has 0 atom stereocenters. The van der Waals surface area contributed by atoms with Gasteiger partial charge in [-0.2, -0.15) is 5.10 Å². The highest BCUT2D eigenvalue weighted by atomic mass is 79.9. The second kappa shape index (κ2) is 10.9. The zero-order chi connectivity index (χ0) is 27.5. The number of anilines is 2. The van der Waals surface area contributed by atoms with Crippen molar-refractivity contribution in [3.63, 3.8) is 0 Å². The predicted molar refractivity (Wildman–Crippen MR) is 153 cm³/mol. The Hall–Kier alpha value is -5.16.